The predicted octanol–water partition coefficient (Wildman–Crippen LogP) is 3.68. The predicted molar refractivity (Wildman–Crippen MR) is 172 cm³/mol. The van der Waals surface area contributed by atoms with E-state index in [2.05, 4.69) is 20.9 Å². The van der Waals surface area contributed by atoms with Gasteiger partial charge in [-0.3, -0.25) is 18.8 Å². The summed E-state index contributed by atoms with van der Waals surface area (Å²) in [6, 6.07) is 18.4. The Balaban J connectivity index is 1.16. The van der Waals surface area contributed by atoms with E-state index >= 15 is 0 Å². The van der Waals surface area contributed by atoms with Crippen molar-refractivity contribution in [2.45, 2.75) is 38.3 Å². The number of amides is 1. The lowest BCUT2D eigenvalue weighted by atomic mass is 9.75. The Kier molecular flexibility index (Phi) is 7.38. The molecule has 2 aromatic heterocycles. The van der Waals surface area contributed by atoms with E-state index in [4.69, 9.17) is 15.2 Å². The average molecular weight is 621 g/mol. The molecule has 7 rings (SSSR count). The van der Waals surface area contributed by atoms with Crippen molar-refractivity contribution < 1.29 is 14.3 Å². The van der Waals surface area contributed by atoms with E-state index < -0.39 is 5.54 Å². The van der Waals surface area contributed by atoms with Crippen LogP contribution in [0.25, 0.3) is 16.9 Å². The van der Waals surface area contributed by atoms with Crippen LogP contribution in [0.3, 0.4) is 0 Å². The molecule has 4 aromatic rings. The molecule has 2 aromatic carbocycles. The molecule has 5 heterocycles. The highest BCUT2D eigenvalue weighted by atomic mass is 16.5. The Bertz CT molecular complexity index is 1910. The van der Waals surface area contributed by atoms with Crippen LogP contribution in [-0.2, 0) is 9.53 Å². The molecule has 12 nitrogen and oxygen atoms in total. The largest absolute Gasteiger partial charge is 0.457 e. The number of benzene rings is 2. The highest BCUT2D eigenvalue weighted by Gasteiger charge is 2.52. The minimum Gasteiger partial charge on any atom is -0.457 e. The van der Waals surface area contributed by atoms with Gasteiger partial charge in [0.15, 0.2) is 11.5 Å². The van der Waals surface area contributed by atoms with Crippen molar-refractivity contribution in [1.82, 2.24) is 28.9 Å². The Morgan fingerprint density at radius 2 is 1.83 bits per heavy atom. The maximum atomic E-state index is 14.2. The summed E-state index contributed by atoms with van der Waals surface area (Å²) in [5, 5.41) is 10.1. The second-order valence-electron chi connectivity index (χ2n) is 13.0. The van der Waals surface area contributed by atoms with Crippen LogP contribution < -0.4 is 16.2 Å². The number of aromatic nitrogens is 4. The zero-order chi connectivity index (χ0) is 32.1. The summed E-state index contributed by atoms with van der Waals surface area (Å²) >= 11 is 0. The molecule has 0 radical (unpaired) electrons. The second kappa shape index (κ2) is 11.4. The van der Waals surface area contributed by atoms with Gasteiger partial charge in [-0.2, -0.15) is 5.26 Å². The highest BCUT2D eigenvalue weighted by molar-refractivity contribution is 5.97. The number of ether oxygens (including phenoxy) is 2. The van der Waals surface area contributed by atoms with Gasteiger partial charge in [0.05, 0.1) is 24.9 Å². The van der Waals surface area contributed by atoms with Gasteiger partial charge in [-0.05, 0) is 69.2 Å². The van der Waals surface area contributed by atoms with E-state index in [1.54, 1.807) is 39.8 Å². The molecule has 0 aliphatic carbocycles. The summed E-state index contributed by atoms with van der Waals surface area (Å²) in [7, 11) is 0. The number of piperidine rings is 1. The third-order valence-corrected chi connectivity index (χ3v) is 9.34. The number of nitriles is 1. The molecule has 3 aliphatic rings. The smallest absolute Gasteiger partial charge is 0.335 e. The Morgan fingerprint density at radius 1 is 1.11 bits per heavy atom. The van der Waals surface area contributed by atoms with Crippen LogP contribution in [0.4, 0.5) is 5.82 Å². The van der Waals surface area contributed by atoms with Crippen molar-refractivity contribution in [1.29, 1.82) is 5.26 Å². The lowest BCUT2D eigenvalue weighted by Gasteiger charge is -2.59. The summed E-state index contributed by atoms with van der Waals surface area (Å²) < 4.78 is 14.4. The molecule has 0 bridgehead atoms. The van der Waals surface area contributed by atoms with E-state index in [-0.39, 0.29) is 41.0 Å². The molecule has 1 amide bonds. The van der Waals surface area contributed by atoms with Gasteiger partial charge in [0, 0.05) is 37.1 Å². The molecular weight excluding hydrogens is 584 g/mol. The van der Waals surface area contributed by atoms with Crippen molar-refractivity contribution >= 4 is 22.9 Å². The summed E-state index contributed by atoms with van der Waals surface area (Å²) in [6.45, 7) is 8.11. The molecule has 1 atom stereocenters. The SMILES string of the molecule is CC(C)(C=C(C#N)C(=O)N1CCC[C@H](n2c(=O)n(-c3ccc(Oc4ccccc4)cc3)c3c(N)ncnc32)C1)N1CC2(COC2)C1. The normalized spacial score (nSPS) is 19.8. The molecule has 0 unspecified atom stereocenters. The van der Waals surface area contributed by atoms with E-state index in [9.17, 15) is 14.9 Å². The van der Waals surface area contributed by atoms with Gasteiger partial charge >= 0.3 is 5.69 Å². The van der Waals surface area contributed by atoms with Crippen LogP contribution in [-0.4, -0.2) is 79.7 Å². The number of hydrogen-bond donors (Lipinski definition) is 1. The van der Waals surface area contributed by atoms with E-state index in [1.807, 2.05) is 44.2 Å². The van der Waals surface area contributed by atoms with Crippen molar-refractivity contribution in [3.05, 3.63) is 83.1 Å². The topological polar surface area (TPSA) is 145 Å². The van der Waals surface area contributed by atoms with Crippen molar-refractivity contribution in [3.8, 4) is 23.3 Å². The number of likely N-dealkylation sites (tertiary alicyclic amines) is 2. The standard InChI is InChI=1S/C34H36N8O4/c1-33(2,40-18-34(19-40)20-45-21-34)15-23(16-35)31(43)39-14-6-7-25(17-39)42-30-28(29(36)37-22-38-30)41(32(42)44)24-10-12-27(13-11-24)46-26-8-4-3-5-9-26/h3-5,8-13,15,22,25H,6-7,14,17-21H2,1-2H3,(H2,36,37,38)/t25-/m0/s1. The minimum atomic E-state index is -0.461. The zero-order valence-electron chi connectivity index (χ0n) is 25.9. The molecule has 3 saturated heterocycles. The van der Waals surface area contributed by atoms with Gasteiger partial charge < -0.3 is 20.1 Å². The fourth-order valence-electron chi connectivity index (χ4n) is 6.77. The summed E-state index contributed by atoms with van der Waals surface area (Å²) in [5.41, 5.74) is 7.24. The maximum Gasteiger partial charge on any atom is 0.335 e. The third kappa shape index (κ3) is 5.21. The lowest BCUT2D eigenvalue weighted by molar-refractivity contribution is -0.204. The number of carbonyl (C=O) groups excluding carboxylic acids is 1. The van der Waals surface area contributed by atoms with Crippen LogP contribution in [0.5, 0.6) is 11.5 Å². The summed E-state index contributed by atoms with van der Waals surface area (Å²) in [5.74, 6) is 1.16. The van der Waals surface area contributed by atoms with Gasteiger partial charge in [0.1, 0.15) is 35.0 Å². The number of nitrogens with two attached hydrogens (primary N) is 1. The van der Waals surface area contributed by atoms with Crippen molar-refractivity contribution in [2.75, 3.05) is 45.1 Å². The van der Waals surface area contributed by atoms with Crippen molar-refractivity contribution in [2.24, 2.45) is 5.41 Å². The molecule has 1 spiro atoms. The first kappa shape index (κ1) is 29.7. The van der Waals surface area contributed by atoms with Gasteiger partial charge in [-0.1, -0.05) is 18.2 Å². The molecule has 12 heteroatoms. The van der Waals surface area contributed by atoms with Crippen LogP contribution >= 0.6 is 0 Å². The molecule has 3 aliphatic heterocycles. The number of anilines is 1. The summed E-state index contributed by atoms with van der Waals surface area (Å²) in [4.78, 5) is 40.5. The van der Waals surface area contributed by atoms with Crippen LogP contribution in [0.1, 0.15) is 32.7 Å². The van der Waals surface area contributed by atoms with Crippen molar-refractivity contribution in [3.63, 3.8) is 0 Å². The van der Waals surface area contributed by atoms with Crippen LogP contribution in [0, 0.1) is 16.7 Å². The fraction of sp³-hybridized carbons (Fsp3) is 0.382. The number of para-hydroxylation sites is 1. The lowest BCUT2D eigenvalue weighted by Crippen LogP contribution is -2.70. The highest BCUT2D eigenvalue weighted by Crippen LogP contribution is 2.42. The monoisotopic (exact) mass is 620 g/mol. The van der Waals surface area contributed by atoms with E-state index in [0.717, 1.165) is 26.3 Å². The first-order chi connectivity index (χ1) is 22.2. The second-order valence-corrected chi connectivity index (χ2v) is 13.0. The van der Waals surface area contributed by atoms with E-state index in [1.165, 1.54) is 10.9 Å². The molecule has 236 valence electrons. The van der Waals surface area contributed by atoms with Gasteiger partial charge in [-0.25, -0.2) is 14.8 Å². The number of fused-ring (bicyclic) bond motifs is 1. The number of carbonyl (C=O) groups is 1. The number of imidazole rings is 1. The Labute approximate surface area is 266 Å². The number of rotatable bonds is 7. The van der Waals surface area contributed by atoms with E-state index in [0.29, 0.717) is 47.7 Å². The first-order valence-corrected chi connectivity index (χ1v) is 15.5. The minimum absolute atomic E-state index is 0.107. The Hall–Kier alpha value is -4.99. The molecular formula is C34H36N8O4. The first-order valence-electron chi connectivity index (χ1n) is 15.5. The average Bonchev–Trinajstić information content (AvgIpc) is 3.32. The Morgan fingerprint density at radius 3 is 2.50 bits per heavy atom. The molecule has 46 heavy (non-hydrogen) atoms. The number of nitrogen functional groups attached to an aromatic ring is 1. The van der Waals surface area contributed by atoms with Gasteiger partial charge in [0.25, 0.3) is 5.91 Å². The molecule has 0 saturated carbocycles. The third-order valence-electron chi connectivity index (χ3n) is 9.34. The van der Waals surface area contributed by atoms with Gasteiger partial charge in [-0.15, -0.1) is 0 Å². The zero-order valence-corrected chi connectivity index (χ0v) is 25.9. The molecule has 3 fully saturated rings. The quantitative estimate of drug-likeness (QED) is 0.242. The van der Waals surface area contributed by atoms with Crippen LogP contribution in [0.2, 0.25) is 0 Å². The van der Waals surface area contributed by atoms with Gasteiger partial charge in [0.2, 0.25) is 0 Å². The van der Waals surface area contributed by atoms with Crippen LogP contribution in [0.15, 0.2) is 77.4 Å². The summed E-state index contributed by atoms with van der Waals surface area (Å²) in [6.07, 6.45) is 4.45. The fourth-order valence-corrected chi connectivity index (χ4v) is 6.77. The maximum absolute atomic E-state index is 14.2. The number of hydrogen-bond acceptors (Lipinski definition) is 9. The molecule has 2 N–H and O–H groups in total. The number of nitrogens with zero attached hydrogens (tertiary/aromatic N) is 7.